The monoisotopic (exact) mass is 360 g/mol. The molecule has 2 aromatic rings. The van der Waals surface area contributed by atoms with Crippen molar-refractivity contribution in [1.29, 1.82) is 0 Å². The van der Waals surface area contributed by atoms with E-state index in [-0.39, 0.29) is 11.8 Å². The molecule has 1 atom stereocenters. The highest BCUT2D eigenvalue weighted by atomic mass is 32.2. The van der Waals surface area contributed by atoms with E-state index in [0.717, 1.165) is 36.5 Å². The third kappa shape index (κ3) is 5.03. The van der Waals surface area contributed by atoms with E-state index in [1.807, 2.05) is 36.4 Å². The molecule has 2 heterocycles. The van der Waals surface area contributed by atoms with Gasteiger partial charge in [0.1, 0.15) is 12.4 Å². The summed E-state index contributed by atoms with van der Waals surface area (Å²) in [6.07, 6.45) is 2.48. The Hall–Kier alpha value is -1.92. The number of rotatable bonds is 7. The van der Waals surface area contributed by atoms with E-state index < -0.39 is 9.84 Å². The van der Waals surface area contributed by atoms with E-state index in [0.29, 0.717) is 12.4 Å². The van der Waals surface area contributed by atoms with Crippen LogP contribution >= 0.6 is 0 Å². The smallest absolute Gasteiger partial charge is 0.151 e. The summed E-state index contributed by atoms with van der Waals surface area (Å²) < 4.78 is 29.3. The minimum absolute atomic E-state index is 0.119. The Balaban J connectivity index is 1.62. The van der Waals surface area contributed by atoms with Crippen molar-refractivity contribution in [3.8, 4) is 5.75 Å². The molecule has 0 unspecified atom stereocenters. The van der Waals surface area contributed by atoms with Crippen LogP contribution in [0.5, 0.6) is 5.75 Å². The quantitative estimate of drug-likeness (QED) is 0.760. The molecular weight excluding hydrogens is 336 g/mol. The molecule has 0 N–H and O–H groups in total. The van der Waals surface area contributed by atoms with E-state index in [2.05, 4.69) is 22.9 Å². The SMILES string of the molecule is CCN(Cc1cccc(OCc2ccccn2)c1)[C@@H]1CCS(=O)(=O)C1. The average Bonchev–Trinajstić information content (AvgIpc) is 2.99. The summed E-state index contributed by atoms with van der Waals surface area (Å²) in [6, 6.07) is 13.9. The van der Waals surface area contributed by atoms with Gasteiger partial charge in [-0.1, -0.05) is 25.1 Å². The predicted molar refractivity (Wildman–Crippen MR) is 98.2 cm³/mol. The minimum atomic E-state index is -2.86. The molecule has 25 heavy (non-hydrogen) atoms. The van der Waals surface area contributed by atoms with Crippen LogP contribution in [0.15, 0.2) is 48.7 Å². The van der Waals surface area contributed by atoms with Gasteiger partial charge < -0.3 is 4.74 Å². The highest BCUT2D eigenvalue weighted by Gasteiger charge is 2.31. The molecule has 0 aliphatic carbocycles. The van der Waals surface area contributed by atoms with Gasteiger partial charge in [0.2, 0.25) is 0 Å². The maximum Gasteiger partial charge on any atom is 0.151 e. The summed E-state index contributed by atoms with van der Waals surface area (Å²) in [7, 11) is -2.86. The fraction of sp³-hybridized carbons (Fsp3) is 0.421. The summed E-state index contributed by atoms with van der Waals surface area (Å²) in [6.45, 7) is 4.08. The van der Waals surface area contributed by atoms with Gasteiger partial charge in [0.15, 0.2) is 9.84 Å². The van der Waals surface area contributed by atoms with E-state index in [1.165, 1.54) is 0 Å². The maximum atomic E-state index is 11.7. The number of benzene rings is 1. The zero-order chi connectivity index (χ0) is 17.7. The van der Waals surface area contributed by atoms with Gasteiger partial charge in [-0.25, -0.2) is 8.42 Å². The number of pyridine rings is 1. The standard InChI is InChI=1S/C19H24N2O3S/c1-2-21(18-9-11-25(22,23)15-18)13-16-6-5-8-19(12-16)24-14-17-7-3-4-10-20-17/h3-8,10,12,18H,2,9,11,13-15H2,1H3/t18-/m1/s1. The summed E-state index contributed by atoms with van der Waals surface area (Å²) in [5.74, 6) is 1.39. The van der Waals surface area contributed by atoms with Gasteiger partial charge in [-0.05, 0) is 42.8 Å². The molecule has 1 aromatic carbocycles. The Bertz CT molecular complexity index is 793. The molecule has 1 fully saturated rings. The van der Waals surface area contributed by atoms with Crippen molar-refractivity contribution in [1.82, 2.24) is 9.88 Å². The van der Waals surface area contributed by atoms with Gasteiger partial charge in [-0.15, -0.1) is 0 Å². The second kappa shape index (κ2) is 7.97. The molecule has 3 rings (SSSR count). The molecule has 0 amide bonds. The van der Waals surface area contributed by atoms with Crippen molar-refractivity contribution in [2.24, 2.45) is 0 Å². The first-order valence-corrected chi connectivity index (χ1v) is 10.4. The number of ether oxygens (including phenoxy) is 1. The molecule has 1 saturated heterocycles. The minimum Gasteiger partial charge on any atom is -0.487 e. The second-order valence-corrected chi connectivity index (χ2v) is 8.61. The van der Waals surface area contributed by atoms with Crippen LogP contribution in [-0.4, -0.2) is 42.4 Å². The molecule has 0 spiro atoms. The fourth-order valence-corrected chi connectivity index (χ4v) is 4.93. The zero-order valence-corrected chi connectivity index (χ0v) is 15.3. The van der Waals surface area contributed by atoms with Crippen molar-refractivity contribution >= 4 is 9.84 Å². The summed E-state index contributed by atoms with van der Waals surface area (Å²) in [5, 5.41) is 0. The second-order valence-electron chi connectivity index (χ2n) is 6.38. The van der Waals surface area contributed by atoms with E-state index in [9.17, 15) is 8.42 Å². The third-order valence-electron chi connectivity index (χ3n) is 4.53. The molecule has 1 aliphatic heterocycles. The normalized spacial score (nSPS) is 19.2. The Morgan fingerprint density at radius 3 is 2.80 bits per heavy atom. The van der Waals surface area contributed by atoms with Gasteiger partial charge >= 0.3 is 0 Å². The van der Waals surface area contributed by atoms with Crippen LogP contribution in [0, 0.1) is 0 Å². The van der Waals surface area contributed by atoms with Gasteiger partial charge in [0.05, 0.1) is 17.2 Å². The number of sulfone groups is 1. The van der Waals surface area contributed by atoms with Gasteiger partial charge in [-0.2, -0.15) is 0 Å². The van der Waals surface area contributed by atoms with Crippen molar-refractivity contribution in [2.75, 3.05) is 18.1 Å². The lowest BCUT2D eigenvalue weighted by Crippen LogP contribution is -2.35. The fourth-order valence-electron chi connectivity index (χ4n) is 3.17. The van der Waals surface area contributed by atoms with Crippen LogP contribution in [0.2, 0.25) is 0 Å². The summed E-state index contributed by atoms with van der Waals surface area (Å²) in [4.78, 5) is 6.49. The number of aromatic nitrogens is 1. The first kappa shape index (κ1) is 17.9. The van der Waals surface area contributed by atoms with Gasteiger partial charge in [0, 0.05) is 18.8 Å². The average molecular weight is 360 g/mol. The molecule has 0 saturated carbocycles. The molecule has 134 valence electrons. The number of hydrogen-bond acceptors (Lipinski definition) is 5. The summed E-state index contributed by atoms with van der Waals surface area (Å²) >= 11 is 0. The van der Waals surface area contributed by atoms with Crippen LogP contribution in [-0.2, 0) is 23.0 Å². The van der Waals surface area contributed by atoms with E-state index in [4.69, 9.17) is 4.74 Å². The van der Waals surface area contributed by atoms with Crippen molar-refractivity contribution < 1.29 is 13.2 Å². The van der Waals surface area contributed by atoms with E-state index in [1.54, 1.807) is 6.20 Å². The van der Waals surface area contributed by atoms with Gasteiger partial charge in [-0.3, -0.25) is 9.88 Å². The highest BCUT2D eigenvalue weighted by molar-refractivity contribution is 7.91. The maximum absolute atomic E-state index is 11.7. The van der Waals surface area contributed by atoms with Crippen LogP contribution in [0.25, 0.3) is 0 Å². The lowest BCUT2D eigenvalue weighted by Gasteiger charge is -2.26. The summed E-state index contributed by atoms with van der Waals surface area (Å²) in [5.41, 5.74) is 2.02. The Morgan fingerprint density at radius 1 is 1.24 bits per heavy atom. The topological polar surface area (TPSA) is 59.5 Å². The van der Waals surface area contributed by atoms with Crippen LogP contribution in [0.1, 0.15) is 24.6 Å². The Kier molecular flexibility index (Phi) is 5.71. The molecule has 1 aromatic heterocycles. The molecule has 0 radical (unpaired) electrons. The van der Waals surface area contributed by atoms with E-state index >= 15 is 0 Å². The number of nitrogens with zero attached hydrogens (tertiary/aromatic N) is 2. The largest absolute Gasteiger partial charge is 0.487 e. The van der Waals surface area contributed by atoms with Crippen molar-refractivity contribution in [3.05, 3.63) is 59.9 Å². The Morgan fingerprint density at radius 2 is 2.12 bits per heavy atom. The van der Waals surface area contributed by atoms with Crippen molar-refractivity contribution in [3.63, 3.8) is 0 Å². The highest BCUT2D eigenvalue weighted by Crippen LogP contribution is 2.21. The molecule has 1 aliphatic rings. The molecule has 0 bridgehead atoms. The molecule has 5 nitrogen and oxygen atoms in total. The number of hydrogen-bond donors (Lipinski definition) is 0. The first-order valence-electron chi connectivity index (χ1n) is 8.62. The van der Waals surface area contributed by atoms with Crippen LogP contribution in [0.3, 0.4) is 0 Å². The molecular formula is C19H24N2O3S. The Labute approximate surface area is 149 Å². The lowest BCUT2D eigenvalue weighted by molar-refractivity contribution is 0.214. The van der Waals surface area contributed by atoms with Gasteiger partial charge in [0.25, 0.3) is 0 Å². The van der Waals surface area contributed by atoms with Crippen LogP contribution < -0.4 is 4.74 Å². The molecule has 6 heteroatoms. The third-order valence-corrected chi connectivity index (χ3v) is 6.28. The lowest BCUT2D eigenvalue weighted by atomic mass is 10.1. The zero-order valence-electron chi connectivity index (χ0n) is 14.5. The van der Waals surface area contributed by atoms with Crippen molar-refractivity contribution in [2.45, 2.75) is 32.5 Å². The first-order chi connectivity index (χ1) is 12.1. The van der Waals surface area contributed by atoms with Crippen LogP contribution in [0.4, 0.5) is 0 Å². The predicted octanol–water partition coefficient (Wildman–Crippen LogP) is 2.67.